The summed E-state index contributed by atoms with van der Waals surface area (Å²) in [6, 6.07) is 0. The average Bonchev–Trinajstić information content (AvgIpc) is 2.15. The summed E-state index contributed by atoms with van der Waals surface area (Å²) in [4.78, 5) is 22.5. The van der Waals surface area contributed by atoms with Crippen LogP contribution in [0.25, 0.3) is 0 Å². The van der Waals surface area contributed by atoms with Gasteiger partial charge in [-0.25, -0.2) is 0 Å². The number of rotatable bonds is 2. The van der Waals surface area contributed by atoms with Crippen LogP contribution in [0.1, 0.15) is 13.8 Å². The Morgan fingerprint density at radius 2 is 1.47 bits per heavy atom. The Kier molecular flexibility index (Phi) is 8.24. The molecule has 0 rings (SSSR count). The summed E-state index contributed by atoms with van der Waals surface area (Å²) in [5, 5.41) is 2.43. The van der Waals surface area contributed by atoms with Crippen LogP contribution in [0.2, 0.25) is 0 Å². The quantitative estimate of drug-likeness (QED) is 0.693. The Bertz CT molecular complexity index is 268. The van der Waals surface area contributed by atoms with E-state index in [0.717, 1.165) is 0 Å². The first-order valence-corrected chi connectivity index (χ1v) is 4.48. The number of amides is 2. The highest BCUT2D eigenvalue weighted by atomic mass is 16.2. The monoisotopic (exact) mass is 212 g/mol. The second kappa shape index (κ2) is 7.79. The molecule has 0 aliphatic heterocycles. The van der Waals surface area contributed by atoms with Crippen LogP contribution >= 0.6 is 0 Å². The number of carbonyl (C=O) groups is 2. The molecule has 15 heavy (non-hydrogen) atoms. The van der Waals surface area contributed by atoms with Gasteiger partial charge in [0, 0.05) is 32.3 Å². The lowest BCUT2D eigenvalue weighted by molar-refractivity contribution is -0.124. The van der Waals surface area contributed by atoms with Gasteiger partial charge in [-0.05, 0) is 13.8 Å². The van der Waals surface area contributed by atoms with Gasteiger partial charge in [-0.1, -0.05) is 13.2 Å². The molecule has 0 radical (unpaired) electrons. The van der Waals surface area contributed by atoms with Crippen molar-refractivity contribution in [2.45, 2.75) is 13.8 Å². The molecule has 0 heterocycles. The third-order valence-corrected chi connectivity index (χ3v) is 1.39. The molecule has 0 aliphatic rings. The predicted octanol–water partition coefficient (Wildman–Crippen LogP) is 0.959. The zero-order valence-electron chi connectivity index (χ0n) is 10.2. The molecule has 86 valence electrons. The molecule has 0 unspecified atom stereocenters. The second-order valence-electron chi connectivity index (χ2n) is 3.34. The minimum absolute atomic E-state index is 0.00926. The number of hydrogen-bond donors (Lipinski definition) is 1. The molecule has 0 aromatic rings. The normalized spacial score (nSPS) is 8.07. The minimum atomic E-state index is -0.0972. The number of carbonyl (C=O) groups excluding carboxylic acids is 2. The molecule has 0 fully saturated rings. The van der Waals surface area contributed by atoms with Gasteiger partial charge in [-0.3, -0.25) is 9.59 Å². The largest absolute Gasteiger partial charge is 0.355 e. The fourth-order valence-corrected chi connectivity index (χ4v) is 0.595. The molecule has 1 N–H and O–H groups in total. The summed E-state index contributed by atoms with van der Waals surface area (Å²) < 4.78 is 0. The van der Waals surface area contributed by atoms with Crippen molar-refractivity contribution in [2.75, 3.05) is 21.1 Å². The molecule has 2 amide bonds. The Morgan fingerprint density at radius 1 is 1.07 bits per heavy atom. The van der Waals surface area contributed by atoms with Gasteiger partial charge in [-0.2, -0.15) is 0 Å². The molecule has 0 spiro atoms. The number of likely N-dealkylation sites (N-methyl/N-ethyl adjacent to an activating group) is 2. The maximum Gasteiger partial charge on any atom is 0.248 e. The van der Waals surface area contributed by atoms with Crippen LogP contribution in [0.3, 0.4) is 0 Å². The minimum Gasteiger partial charge on any atom is -0.355 e. The van der Waals surface area contributed by atoms with E-state index in [1.165, 1.54) is 4.90 Å². The second-order valence-corrected chi connectivity index (χ2v) is 3.34. The molecule has 0 saturated carbocycles. The lowest BCUT2D eigenvalue weighted by Crippen LogP contribution is -2.21. The molecule has 0 aromatic carbocycles. The summed E-state index contributed by atoms with van der Waals surface area (Å²) in [6.45, 7) is 10.3. The highest BCUT2D eigenvalue weighted by Gasteiger charge is 2.01. The molecular formula is C11H20N2O2. The molecule has 0 bridgehead atoms. The van der Waals surface area contributed by atoms with Gasteiger partial charge in [0.05, 0.1) is 0 Å². The van der Waals surface area contributed by atoms with Crippen molar-refractivity contribution in [3.05, 3.63) is 24.3 Å². The van der Waals surface area contributed by atoms with E-state index < -0.39 is 0 Å². The lowest BCUT2D eigenvalue weighted by atomic mass is 10.3. The van der Waals surface area contributed by atoms with E-state index in [-0.39, 0.29) is 11.8 Å². The SMILES string of the molecule is C=C(C)C(=O)N(C)C.C=C(C)C(=O)NC. The predicted molar refractivity (Wildman–Crippen MR) is 62.4 cm³/mol. The van der Waals surface area contributed by atoms with E-state index in [1.807, 2.05) is 0 Å². The van der Waals surface area contributed by atoms with E-state index in [0.29, 0.717) is 11.1 Å². The van der Waals surface area contributed by atoms with Crippen molar-refractivity contribution in [1.29, 1.82) is 0 Å². The van der Waals surface area contributed by atoms with Gasteiger partial charge in [0.25, 0.3) is 0 Å². The van der Waals surface area contributed by atoms with Gasteiger partial charge in [0.15, 0.2) is 0 Å². The Labute approximate surface area is 91.6 Å². The van der Waals surface area contributed by atoms with E-state index in [1.54, 1.807) is 35.0 Å². The maximum absolute atomic E-state index is 10.7. The molecular weight excluding hydrogens is 192 g/mol. The summed E-state index contributed by atoms with van der Waals surface area (Å²) in [7, 11) is 4.99. The molecule has 0 aliphatic carbocycles. The molecule has 0 atom stereocenters. The molecule has 0 aromatic heterocycles. The summed E-state index contributed by atoms with van der Waals surface area (Å²) >= 11 is 0. The third kappa shape index (κ3) is 8.74. The van der Waals surface area contributed by atoms with Crippen molar-refractivity contribution in [2.24, 2.45) is 0 Å². The molecule has 4 nitrogen and oxygen atoms in total. The lowest BCUT2D eigenvalue weighted by Gasteiger charge is -2.07. The van der Waals surface area contributed by atoms with Gasteiger partial charge >= 0.3 is 0 Å². The maximum atomic E-state index is 10.7. The van der Waals surface area contributed by atoms with Crippen molar-refractivity contribution in [3.8, 4) is 0 Å². The molecule has 0 saturated heterocycles. The van der Waals surface area contributed by atoms with Crippen LogP contribution in [0.15, 0.2) is 24.3 Å². The first kappa shape index (κ1) is 15.9. The van der Waals surface area contributed by atoms with Gasteiger partial charge in [-0.15, -0.1) is 0 Å². The summed E-state index contributed by atoms with van der Waals surface area (Å²) in [5.41, 5.74) is 1.12. The van der Waals surface area contributed by atoms with Gasteiger partial charge in [0.1, 0.15) is 0 Å². The smallest absolute Gasteiger partial charge is 0.248 e. The third-order valence-electron chi connectivity index (χ3n) is 1.39. The Morgan fingerprint density at radius 3 is 1.47 bits per heavy atom. The van der Waals surface area contributed by atoms with Crippen LogP contribution in [0, 0.1) is 0 Å². The molecule has 4 heteroatoms. The van der Waals surface area contributed by atoms with E-state index in [4.69, 9.17) is 0 Å². The fraction of sp³-hybridized carbons (Fsp3) is 0.455. The van der Waals surface area contributed by atoms with Gasteiger partial charge in [0.2, 0.25) is 11.8 Å². The highest BCUT2D eigenvalue weighted by Crippen LogP contribution is 1.90. The fourth-order valence-electron chi connectivity index (χ4n) is 0.595. The Balaban J connectivity index is 0. The number of hydrogen-bond acceptors (Lipinski definition) is 2. The van der Waals surface area contributed by atoms with Crippen molar-refractivity contribution >= 4 is 11.8 Å². The van der Waals surface area contributed by atoms with Gasteiger partial charge < -0.3 is 10.2 Å². The van der Waals surface area contributed by atoms with Crippen LogP contribution in [-0.2, 0) is 9.59 Å². The first-order chi connectivity index (χ1) is 6.73. The van der Waals surface area contributed by atoms with Crippen LogP contribution in [-0.4, -0.2) is 37.9 Å². The van der Waals surface area contributed by atoms with E-state index in [2.05, 4.69) is 18.5 Å². The summed E-state index contributed by atoms with van der Waals surface area (Å²) in [5.74, 6) is -0.106. The summed E-state index contributed by atoms with van der Waals surface area (Å²) in [6.07, 6.45) is 0. The number of nitrogens with zero attached hydrogens (tertiary/aromatic N) is 1. The number of nitrogens with one attached hydrogen (secondary N) is 1. The van der Waals surface area contributed by atoms with Crippen LogP contribution < -0.4 is 5.32 Å². The highest BCUT2D eigenvalue weighted by molar-refractivity contribution is 5.92. The Hall–Kier alpha value is -1.58. The van der Waals surface area contributed by atoms with Crippen LogP contribution in [0.4, 0.5) is 0 Å². The van der Waals surface area contributed by atoms with E-state index >= 15 is 0 Å². The van der Waals surface area contributed by atoms with Crippen molar-refractivity contribution in [1.82, 2.24) is 10.2 Å². The van der Waals surface area contributed by atoms with Crippen LogP contribution in [0.5, 0.6) is 0 Å². The zero-order chi connectivity index (χ0) is 12.6. The topological polar surface area (TPSA) is 49.4 Å². The zero-order valence-corrected chi connectivity index (χ0v) is 10.2. The van der Waals surface area contributed by atoms with E-state index in [9.17, 15) is 9.59 Å². The van der Waals surface area contributed by atoms with Crippen molar-refractivity contribution < 1.29 is 9.59 Å². The first-order valence-electron chi connectivity index (χ1n) is 4.48. The standard InChI is InChI=1S/C6H11NO.C5H9NO/c1-5(2)6(8)7(3)4;1-4(2)5(7)6-3/h1H2,2-4H3;1H2,2-3H3,(H,6,7). The average molecular weight is 212 g/mol. The van der Waals surface area contributed by atoms with Crippen molar-refractivity contribution in [3.63, 3.8) is 0 Å².